The maximum absolute atomic E-state index is 8.82. The average Bonchev–Trinajstić information content (AvgIpc) is 2.10. The van der Waals surface area contributed by atoms with Gasteiger partial charge in [-0.25, -0.2) is 0 Å². The van der Waals surface area contributed by atoms with Crippen LogP contribution >= 0.6 is 0 Å². The standard InChI is InChI=1S/C10H16N2O/c1-2-12-10-7-9(11)4-3-8(10)5-6-13/h3-4,7,12-13H,2,5-6,11H2,1H3. The molecule has 0 aliphatic carbocycles. The molecule has 0 saturated carbocycles. The summed E-state index contributed by atoms with van der Waals surface area (Å²) in [7, 11) is 0. The van der Waals surface area contributed by atoms with Gasteiger partial charge in [-0.05, 0) is 31.0 Å². The molecule has 3 nitrogen and oxygen atoms in total. The van der Waals surface area contributed by atoms with Crippen LogP contribution in [0.5, 0.6) is 0 Å². The molecule has 0 atom stereocenters. The van der Waals surface area contributed by atoms with E-state index < -0.39 is 0 Å². The van der Waals surface area contributed by atoms with E-state index in [1.807, 2.05) is 25.1 Å². The summed E-state index contributed by atoms with van der Waals surface area (Å²) >= 11 is 0. The van der Waals surface area contributed by atoms with Crippen LogP contribution in [-0.4, -0.2) is 18.3 Å². The first-order valence-electron chi connectivity index (χ1n) is 4.51. The van der Waals surface area contributed by atoms with E-state index in [9.17, 15) is 0 Å². The first kappa shape index (κ1) is 9.86. The van der Waals surface area contributed by atoms with Crippen LogP contribution in [0.3, 0.4) is 0 Å². The van der Waals surface area contributed by atoms with Crippen molar-refractivity contribution in [2.75, 3.05) is 24.2 Å². The van der Waals surface area contributed by atoms with Crippen LogP contribution in [0, 0.1) is 0 Å². The molecule has 4 N–H and O–H groups in total. The third-order valence-electron chi connectivity index (χ3n) is 1.88. The van der Waals surface area contributed by atoms with Crippen molar-refractivity contribution in [2.24, 2.45) is 0 Å². The Kier molecular flexibility index (Phi) is 3.58. The molecule has 0 bridgehead atoms. The summed E-state index contributed by atoms with van der Waals surface area (Å²) < 4.78 is 0. The number of rotatable bonds is 4. The summed E-state index contributed by atoms with van der Waals surface area (Å²) in [5.41, 5.74) is 8.53. The molecule has 0 fully saturated rings. The van der Waals surface area contributed by atoms with Gasteiger partial charge in [-0.3, -0.25) is 0 Å². The highest BCUT2D eigenvalue weighted by atomic mass is 16.2. The first-order valence-corrected chi connectivity index (χ1v) is 4.51. The SMILES string of the molecule is CCNc1cc(N)ccc1CCO. The van der Waals surface area contributed by atoms with E-state index in [4.69, 9.17) is 10.8 Å². The summed E-state index contributed by atoms with van der Waals surface area (Å²) in [4.78, 5) is 0. The van der Waals surface area contributed by atoms with E-state index in [1.54, 1.807) is 0 Å². The highest BCUT2D eigenvalue weighted by Gasteiger charge is 2.00. The molecule has 0 aromatic heterocycles. The maximum atomic E-state index is 8.82. The van der Waals surface area contributed by atoms with Crippen LogP contribution in [0.4, 0.5) is 11.4 Å². The molecule has 0 aliphatic rings. The Bertz CT molecular complexity index is 274. The highest BCUT2D eigenvalue weighted by molar-refractivity contribution is 5.59. The molecule has 13 heavy (non-hydrogen) atoms. The molecule has 1 rings (SSSR count). The third kappa shape index (κ3) is 2.63. The van der Waals surface area contributed by atoms with Gasteiger partial charge < -0.3 is 16.2 Å². The predicted octanol–water partition coefficient (Wildman–Crippen LogP) is 1.24. The molecule has 0 spiro atoms. The normalized spacial score (nSPS) is 10.0. The second-order valence-electron chi connectivity index (χ2n) is 2.92. The quantitative estimate of drug-likeness (QED) is 0.611. The van der Waals surface area contributed by atoms with Crippen LogP contribution < -0.4 is 11.1 Å². The van der Waals surface area contributed by atoms with Crippen molar-refractivity contribution in [3.05, 3.63) is 23.8 Å². The second kappa shape index (κ2) is 4.72. The number of anilines is 2. The topological polar surface area (TPSA) is 58.3 Å². The van der Waals surface area contributed by atoms with Gasteiger partial charge in [0.2, 0.25) is 0 Å². The molecule has 0 aliphatic heterocycles. The number of hydrogen-bond donors (Lipinski definition) is 3. The van der Waals surface area contributed by atoms with E-state index in [0.717, 1.165) is 23.5 Å². The summed E-state index contributed by atoms with van der Waals surface area (Å²) in [6, 6.07) is 5.70. The van der Waals surface area contributed by atoms with Crippen molar-refractivity contribution in [2.45, 2.75) is 13.3 Å². The first-order chi connectivity index (χ1) is 6.27. The molecule has 1 aromatic rings. The van der Waals surface area contributed by atoms with E-state index in [0.29, 0.717) is 6.42 Å². The van der Waals surface area contributed by atoms with Crippen molar-refractivity contribution in [3.63, 3.8) is 0 Å². The zero-order valence-corrected chi connectivity index (χ0v) is 7.88. The summed E-state index contributed by atoms with van der Waals surface area (Å²) in [6.07, 6.45) is 0.669. The minimum atomic E-state index is 0.169. The lowest BCUT2D eigenvalue weighted by Gasteiger charge is -2.10. The minimum Gasteiger partial charge on any atom is -0.399 e. The number of nitrogen functional groups attached to an aromatic ring is 1. The maximum Gasteiger partial charge on any atom is 0.0472 e. The lowest BCUT2D eigenvalue weighted by Crippen LogP contribution is -2.03. The number of hydrogen-bond acceptors (Lipinski definition) is 3. The summed E-state index contributed by atoms with van der Waals surface area (Å²) in [5, 5.41) is 12.0. The minimum absolute atomic E-state index is 0.169. The smallest absolute Gasteiger partial charge is 0.0472 e. The fraction of sp³-hybridized carbons (Fsp3) is 0.400. The number of benzene rings is 1. The molecule has 1 aromatic carbocycles. The Morgan fingerprint density at radius 3 is 2.85 bits per heavy atom. The van der Waals surface area contributed by atoms with Gasteiger partial charge in [0.1, 0.15) is 0 Å². The molecule has 0 saturated heterocycles. The van der Waals surface area contributed by atoms with Gasteiger partial charge >= 0.3 is 0 Å². The molecule has 3 heteroatoms. The average molecular weight is 180 g/mol. The number of aliphatic hydroxyl groups excluding tert-OH is 1. The van der Waals surface area contributed by atoms with Crippen molar-refractivity contribution in [1.29, 1.82) is 0 Å². The van der Waals surface area contributed by atoms with Gasteiger partial charge in [-0.15, -0.1) is 0 Å². The monoisotopic (exact) mass is 180 g/mol. The van der Waals surface area contributed by atoms with E-state index in [-0.39, 0.29) is 6.61 Å². The third-order valence-corrected chi connectivity index (χ3v) is 1.88. The van der Waals surface area contributed by atoms with Gasteiger partial charge in [0.05, 0.1) is 0 Å². The zero-order valence-electron chi connectivity index (χ0n) is 7.88. The molecule has 72 valence electrons. The van der Waals surface area contributed by atoms with Crippen LogP contribution in [0.2, 0.25) is 0 Å². The van der Waals surface area contributed by atoms with E-state index in [2.05, 4.69) is 5.32 Å². The molecule has 0 unspecified atom stereocenters. The van der Waals surface area contributed by atoms with E-state index >= 15 is 0 Å². The van der Waals surface area contributed by atoms with Gasteiger partial charge in [0.25, 0.3) is 0 Å². The van der Waals surface area contributed by atoms with Crippen LogP contribution in [0.25, 0.3) is 0 Å². The molecular formula is C10H16N2O. The molecule has 0 heterocycles. The fourth-order valence-corrected chi connectivity index (χ4v) is 1.29. The fourth-order valence-electron chi connectivity index (χ4n) is 1.29. The Labute approximate surface area is 78.6 Å². The number of nitrogens with one attached hydrogen (secondary N) is 1. The Hall–Kier alpha value is -1.22. The zero-order chi connectivity index (χ0) is 9.68. The lowest BCUT2D eigenvalue weighted by atomic mass is 10.1. The molecular weight excluding hydrogens is 164 g/mol. The Balaban J connectivity index is 2.89. The van der Waals surface area contributed by atoms with Crippen molar-refractivity contribution < 1.29 is 5.11 Å². The Morgan fingerprint density at radius 1 is 1.46 bits per heavy atom. The van der Waals surface area contributed by atoms with Gasteiger partial charge in [-0.2, -0.15) is 0 Å². The van der Waals surface area contributed by atoms with Gasteiger partial charge in [0, 0.05) is 24.5 Å². The molecule has 0 radical (unpaired) electrons. The van der Waals surface area contributed by atoms with Crippen molar-refractivity contribution in [3.8, 4) is 0 Å². The summed E-state index contributed by atoms with van der Waals surface area (Å²) in [6.45, 7) is 3.07. The van der Waals surface area contributed by atoms with Crippen molar-refractivity contribution in [1.82, 2.24) is 0 Å². The van der Waals surface area contributed by atoms with Crippen molar-refractivity contribution >= 4 is 11.4 Å². The van der Waals surface area contributed by atoms with Gasteiger partial charge in [-0.1, -0.05) is 6.07 Å². The largest absolute Gasteiger partial charge is 0.399 e. The highest BCUT2D eigenvalue weighted by Crippen LogP contribution is 2.19. The lowest BCUT2D eigenvalue weighted by molar-refractivity contribution is 0.300. The van der Waals surface area contributed by atoms with E-state index in [1.165, 1.54) is 0 Å². The van der Waals surface area contributed by atoms with Crippen LogP contribution in [0.15, 0.2) is 18.2 Å². The second-order valence-corrected chi connectivity index (χ2v) is 2.92. The Morgan fingerprint density at radius 2 is 2.23 bits per heavy atom. The summed E-state index contributed by atoms with van der Waals surface area (Å²) in [5.74, 6) is 0. The van der Waals surface area contributed by atoms with Gasteiger partial charge in [0.15, 0.2) is 0 Å². The number of aliphatic hydroxyl groups is 1. The molecule has 0 amide bonds. The van der Waals surface area contributed by atoms with Crippen LogP contribution in [0.1, 0.15) is 12.5 Å². The van der Waals surface area contributed by atoms with Crippen LogP contribution in [-0.2, 0) is 6.42 Å². The predicted molar refractivity (Wildman–Crippen MR) is 55.8 cm³/mol. The number of nitrogens with two attached hydrogens (primary N) is 1.